The third-order valence-electron chi connectivity index (χ3n) is 3.48. The minimum atomic E-state index is -1.23. The maximum absolute atomic E-state index is 11.6. The van der Waals surface area contributed by atoms with E-state index in [9.17, 15) is 9.90 Å². The van der Waals surface area contributed by atoms with Gasteiger partial charge in [0.2, 0.25) is 0 Å². The lowest BCUT2D eigenvalue weighted by atomic mass is 9.91. The number of hydrogen-bond donors (Lipinski definition) is 1. The molecule has 1 unspecified atom stereocenters. The Morgan fingerprint density at radius 3 is 2.09 bits per heavy atom. The Morgan fingerprint density at radius 1 is 1.09 bits per heavy atom. The molecule has 22 heavy (non-hydrogen) atoms. The first-order valence-electron chi connectivity index (χ1n) is 7.17. The van der Waals surface area contributed by atoms with Crippen molar-refractivity contribution in [3.63, 3.8) is 0 Å². The number of hydrogen-bond acceptors (Lipinski definition) is 3. The van der Waals surface area contributed by atoms with E-state index in [0.29, 0.717) is 12.2 Å². The van der Waals surface area contributed by atoms with Crippen LogP contribution in [0.5, 0.6) is 0 Å². The highest BCUT2D eigenvalue weighted by Crippen LogP contribution is 2.28. The second-order valence-corrected chi connectivity index (χ2v) is 6.26. The molecule has 0 radical (unpaired) electrons. The molecule has 3 nitrogen and oxygen atoms in total. The normalized spacial score (nSPS) is 13.5. The molecule has 0 saturated heterocycles. The number of esters is 1. The van der Waals surface area contributed by atoms with Gasteiger partial charge in [-0.25, -0.2) is 0 Å². The smallest absolute Gasteiger partial charge is 0.309 e. The molecule has 0 aromatic heterocycles. The van der Waals surface area contributed by atoms with Crippen LogP contribution in [0.2, 0.25) is 0 Å². The Kier molecular flexibility index (Phi) is 5.37. The van der Waals surface area contributed by atoms with Gasteiger partial charge in [-0.15, -0.1) is 0 Å². The molecule has 0 heterocycles. The molecule has 1 N–H and O–H groups in total. The molecule has 2 rings (SSSR count). The van der Waals surface area contributed by atoms with E-state index in [-0.39, 0.29) is 6.42 Å². The van der Waals surface area contributed by atoms with Gasteiger partial charge in [-0.05, 0) is 42.7 Å². The first-order chi connectivity index (χ1) is 10.4. The van der Waals surface area contributed by atoms with Crippen molar-refractivity contribution in [3.05, 3.63) is 58.6 Å². The Morgan fingerprint density at radius 2 is 1.59 bits per heavy atom. The highest BCUT2D eigenvalue weighted by molar-refractivity contribution is 9.10. The Labute approximate surface area is 139 Å². The summed E-state index contributed by atoms with van der Waals surface area (Å²) in [5.41, 5.74) is 1.62. The highest BCUT2D eigenvalue weighted by Gasteiger charge is 2.27. The van der Waals surface area contributed by atoms with Crippen molar-refractivity contribution in [2.24, 2.45) is 0 Å². The fourth-order valence-electron chi connectivity index (χ4n) is 2.26. The summed E-state index contributed by atoms with van der Waals surface area (Å²) in [6, 6.07) is 15.6. The summed E-state index contributed by atoms with van der Waals surface area (Å²) in [6.45, 7) is 3.69. The quantitative estimate of drug-likeness (QED) is 0.807. The molecule has 1 atom stereocenters. The second kappa shape index (κ2) is 7.07. The Bertz CT molecular complexity index is 630. The number of rotatable bonds is 5. The van der Waals surface area contributed by atoms with E-state index in [4.69, 9.17) is 4.74 Å². The number of aliphatic hydroxyl groups is 1. The minimum absolute atomic E-state index is 0.0571. The number of ether oxygens (including phenoxy) is 1. The van der Waals surface area contributed by atoms with Crippen LogP contribution >= 0.6 is 15.9 Å². The van der Waals surface area contributed by atoms with Gasteiger partial charge in [0, 0.05) is 4.47 Å². The summed E-state index contributed by atoms with van der Waals surface area (Å²) in [7, 11) is 0. The van der Waals surface area contributed by atoms with Crippen LogP contribution in [-0.2, 0) is 15.1 Å². The summed E-state index contributed by atoms with van der Waals surface area (Å²) in [5, 5.41) is 10.5. The first kappa shape index (κ1) is 16.7. The summed E-state index contributed by atoms with van der Waals surface area (Å²) < 4.78 is 5.93. The first-order valence-corrected chi connectivity index (χ1v) is 7.96. The zero-order valence-corrected chi connectivity index (χ0v) is 14.3. The van der Waals surface area contributed by atoms with Crippen molar-refractivity contribution >= 4 is 21.9 Å². The van der Waals surface area contributed by atoms with Gasteiger partial charge in [-0.2, -0.15) is 0 Å². The lowest BCUT2D eigenvalue weighted by molar-refractivity contribution is -0.148. The van der Waals surface area contributed by atoms with Crippen molar-refractivity contribution in [2.75, 3.05) is 6.61 Å². The molecule has 0 fully saturated rings. The second-order valence-electron chi connectivity index (χ2n) is 5.34. The van der Waals surface area contributed by atoms with Crippen LogP contribution in [0.3, 0.4) is 0 Å². The van der Waals surface area contributed by atoms with Crippen molar-refractivity contribution in [1.82, 2.24) is 0 Å². The van der Waals surface area contributed by atoms with Crippen molar-refractivity contribution in [2.45, 2.75) is 25.9 Å². The molecular weight excluding hydrogens is 344 g/mol. The van der Waals surface area contributed by atoms with Gasteiger partial charge in [0.15, 0.2) is 0 Å². The van der Waals surface area contributed by atoms with Gasteiger partial charge in [0.25, 0.3) is 0 Å². The average Bonchev–Trinajstić information content (AvgIpc) is 2.48. The van der Waals surface area contributed by atoms with Crippen molar-refractivity contribution in [3.8, 4) is 11.1 Å². The summed E-state index contributed by atoms with van der Waals surface area (Å²) >= 11 is 3.41. The maximum Gasteiger partial charge on any atom is 0.309 e. The maximum atomic E-state index is 11.6. The van der Waals surface area contributed by atoms with Crippen LogP contribution in [0.1, 0.15) is 25.8 Å². The molecule has 0 aliphatic carbocycles. The van der Waals surface area contributed by atoms with E-state index in [1.807, 2.05) is 48.5 Å². The van der Waals surface area contributed by atoms with Gasteiger partial charge in [0.1, 0.15) is 0 Å². The van der Waals surface area contributed by atoms with E-state index in [2.05, 4.69) is 15.9 Å². The molecule has 0 spiro atoms. The molecule has 2 aromatic rings. The van der Waals surface area contributed by atoms with Crippen LogP contribution in [-0.4, -0.2) is 17.7 Å². The highest BCUT2D eigenvalue weighted by atomic mass is 79.9. The summed E-state index contributed by atoms with van der Waals surface area (Å²) in [6.07, 6.45) is -0.0571. The lowest BCUT2D eigenvalue weighted by Crippen LogP contribution is -2.26. The van der Waals surface area contributed by atoms with Crippen LogP contribution in [0.25, 0.3) is 11.1 Å². The third-order valence-corrected chi connectivity index (χ3v) is 4.01. The zero-order chi connectivity index (χ0) is 16.2. The van der Waals surface area contributed by atoms with Crippen molar-refractivity contribution < 1.29 is 14.6 Å². The molecule has 0 saturated carbocycles. The van der Waals surface area contributed by atoms with Gasteiger partial charge in [0.05, 0.1) is 18.6 Å². The number of benzene rings is 2. The molecule has 0 bridgehead atoms. The predicted molar refractivity (Wildman–Crippen MR) is 90.4 cm³/mol. The Balaban J connectivity index is 2.17. The number of carbonyl (C=O) groups is 1. The minimum Gasteiger partial charge on any atom is -0.466 e. The van der Waals surface area contributed by atoms with Crippen molar-refractivity contribution in [1.29, 1.82) is 0 Å². The molecular formula is C18H19BrO3. The molecule has 0 aliphatic heterocycles. The standard InChI is InChI=1S/C18H19BrO3/c1-3-22-17(20)12-18(2,21)15-8-4-13(5-9-15)14-6-10-16(19)11-7-14/h4-11,21H,3,12H2,1-2H3. The van der Waals surface area contributed by atoms with Crippen LogP contribution in [0, 0.1) is 0 Å². The molecule has 0 aliphatic rings. The summed E-state index contributed by atoms with van der Waals surface area (Å²) in [4.78, 5) is 11.6. The fraction of sp³-hybridized carbons (Fsp3) is 0.278. The molecule has 2 aromatic carbocycles. The van der Waals surface area contributed by atoms with E-state index in [1.54, 1.807) is 13.8 Å². The van der Waals surface area contributed by atoms with Gasteiger partial charge >= 0.3 is 5.97 Å². The third kappa shape index (κ3) is 4.18. The van der Waals surface area contributed by atoms with Gasteiger partial charge in [-0.3, -0.25) is 4.79 Å². The van der Waals surface area contributed by atoms with E-state index < -0.39 is 11.6 Å². The molecule has 0 amide bonds. The lowest BCUT2D eigenvalue weighted by Gasteiger charge is -2.23. The number of carbonyl (C=O) groups excluding carboxylic acids is 1. The van der Waals surface area contributed by atoms with Gasteiger partial charge in [-0.1, -0.05) is 52.3 Å². The van der Waals surface area contributed by atoms with E-state index >= 15 is 0 Å². The largest absolute Gasteiger partial charge is 0.466 e. The van der Waals surface area contributed by atoms with Crippen LogP contribution in [0.15, 0.2) is 53.0 Å². The Hall–Kier alpha value is -1.65. The van der Waals surface area contributed by atoms with E-state index in [1.165, 1.54) is 0 Å². The monoisotopic (exact) mass is 362 g/mol. The zero-order valence-electron chi connectivity index (χ0n) is 12.7. The van der Waals surface area contributed by atoms with Crippen LogP contribution < -0.4 is 0 Å². The average molecular weight is 363 g/mol. The molecule has 116 valence electrons. The van der Waals surface area contributed by atoms with Gasteiger partial charge < -0.3 is 9.84 Å². The van der Waals surface area contributed by atoms with Crippen LogP contribution in [0.4, 0.5) is 0 Å². The summed E-state index contributed by atoms with van der Waals surface area (Å²) in [5.74, 6) is -0.399. The molecule has 4 heteroatoms. The van der Waals surface area contributed by atoms with E-state index in [0.717, 1.165) is 15.6 Å². The SMILES string of the molecule is CCOC(=O)CC(C)(O)c1ccc(-c2ccc(Br)cc2)cc1. The number of halogens is 1. The predicted octanol–water partition coefficient (Wildman–Crippen LogP) is 4.28. The topological polar surface area (TPSA) is 46.5 Å². The fourth-order valence-corrected chi connectivity index (χ4v) is 2.52.